The Kier molecular flexibility index (Phi) is 3.49. The maximum Gasteiger partial charge on any atom is 0.339 e. The molecule has 0 radical (unpaired) electrons. The number of carbonyl (C=O) groups excluding carboxylic acids is 3. The van der Waals surface area contributed by atoms with Crippen LogP contribution in [-0.2, 0) is 14.3 Å². The van der Waals surface area contributed by atoms with Gasteiger partial charge in [-0.3, -0.25) is 9.59 Å². The van der Waals surface area contributed by atoms with Gasteiger partial charge >= 0.3 is 5.97 Å². The average Bonchev–Trinajstić information content (AvgIpc) is 3.23. The molecule has 0 N–H and O–H groups in total. The van der Waals surface area contributed by atoms with Gasteiger partial charge in [0.2, 0.25) is 11.8 Å². The molecular weight excluding hydrogens is 330 g/mol. The third-order valence-corrected chi connectivity index (χ3v) is 5.50. The Morgan fingerprint density at radius 3 is 2.42 bits per heavy atom. The molecule has 24 heavy (non-hydrogen) atoms. The van der Waals surface area contributed by atoms with Gasteiger partial charge in [0.25, 0.3) is 0 Å². The highest BCUT2D eigenvalue weighted by Crippen LogP contribution is 2.53. The zero-order valence-electron chi connectivity index (χ0n) is 13.1. The Hall–Kier alpha value is -2.14. The van der Waals surface area contributed by atoms with E-state index in [1.807, 2.05) is 12.2 Å². The highest BCUT2D eigenvalue weighted by atomic mass is 35.5. The summed E-state index contributed by atoms with van der Waals surface area (Å²) >= 11 is 6.06. The van der Waals surface area contributed by atoms with Gasteiger partial charge in [0, 0.05) is 0 Å². The van der Waals surface area contributed by atoms with Gasteiger partial charge < -0.3 is 4.74 Å². The van der Waals surface area contributed by atoms with Crippen LogP contribution < -0.4 is 4.90 Å². The smallest absolute Gasteiger partial charge is 0.339 e. The Labute approximate surface area is 144 Å². The number of amides is 2. The molecule has 3 aliphatic rings. The minimum atomic E-state index is -0.564. The number of esters is 1. The van der Waals surface area contributed by atoms with E-state index in [4.69, 9.17) is 16.3 Å². The van der Waals surface area contributed by atoms with Crippen LogP contribution in [0.15, 0.2) is 30.4 Å². The van der Waals surface area contributed by atoms with Crippen LogP contribution in [-0.4, -0.2) is 24.4 Å². The second-order valence-electron chi connectivity index (χ2n) is 6.40. The molecule has 0 aromatic heterocycles. The summed E-state index contributed by atoms with van der Waals surface area (Å²) in [4.78, 5) is 38.8. The molecule has 1 aliphatic heterocycles. The molecule has 2 bridgehead atoms. The second kappa shape index (κ2) is 5.45. The molecule has 1 saturated carbocycles. The molecule has 4 rings (SSSR count). The maximum atomic E-state index is 12.8. The minimum absolute atomic E-state index is 0.151. The maximum absolute atomic E-state index is 12.8. The number of ether oxygens (including phenoxy) is 1. The van der Waals surface area contributed by atoms with Crippen LogP contribution >= 0.6 is 11.6 Å². The van der Waals surface area contributed by atoms with E-state index in [-0.39, 0.29) is 52.7 Å². The standard InChI is InChI=1S/C18H16ClNO4/c1-2-24-18(23)12-8-11(5-6-13(12)19)20-16(21)14-9-3-4-10(7-9)15(14)17(20)22/h3-6,8-10,14-15H,2,7H2,1H3/t9-,10-,14+,15+/m0/s1. The van der Waals surface area contributed by atoms with Crippen molar-refractivity contribution in [1.29, 1.82) is 0 Å². The van der Waals surface area contributed by atoms with Crippen LogP contribution in [0.5, 0.6) is 0 Å². The molecule has 1 heterocycles. The SMILES string of the molecule is CCOC(=O)c1cc(N2C(=O)[C@H]3[C@H](C2=O)[C@H]2C=C[C@H]3C2)ccc1Cl. The van der Waals surface area contributed by atoms with Gasteiger partial charge in [0.15, 0.2) is 0 Å². The largest absolute Gasteiger partial charge is 0.462 e. The lowest BCUT2D eigenvalue weighted by Gasteiger charge is -2.18. The first kappa shape index (κ1) is 15.4. The lowest BCUT2D eigenvalue weighted by Crippen LogP contribution is -2.33. The predicted molar refractivity (Wildman–Crippen MR) is 87.6 cm³/mol. The molecule has 2 amide bonds. The lowest BCUT2D eigenvalue weighted by molar-refractivity contribution is -0.123. The number of carbonyl (C=O) groups is 3. The first-order valence-electron chi connectivity index (χ1n) is 8.05. The number of allylic oxidation sites excluding steroid dienone is 2. The fraction of sp³-hybridized carbons (Fsp3) is 0.389. The Morgan fingerprint density at radius 2 is 1.83 bits per heavy atom. The van der Waals surface area contributed by atoms with Gasteiger partial charge in [-0.15, -0.1) is 0 Å². The Balaban J connectivity index is 1.70. The molecule has 124 valence electrons. The fourth-order valence-corrected chi connectivity index (χ4v) is 4.37. The number of imide groups is 1. The fourth-order valence-electron chi connectivity index (χ4n) is 4.17. The van der Waals surface area contributed by atoms with Crippen LogP contribution in [0, 0.1) is 23.7 Å². The van der Waals surface area contributed by atoms with Gasteiger partial charge in [-0.05, 0) is 43.4 Å². The topological polar surface area (TPSA) is 63.7 Å². The van der Waals surface area contributed by atoms with Crippen molar-refractivity contribution in [3.8, 4) is 0 Å². The summed E-state index contributed by atoms with van der Waals surface area (Å²) in [6, 6.07) is 4.58. The molecular formula is C18H16ClNO4. The first-order chi connectivity index (χ1) is 11.5. The van der Waals surface area contributed by atoms with E-state index in [9.17, 15) is 14.4 Å². The van der Waals surface area contributed by atoms with Gasteiger partial charge in [0.1, 0.15) is 0 Å². The monoisotopic (exact) mass is 345 g/mol. The van der Waals surface area contributed by atoms with Crippen LogP contribution in [0.1, 0.15) is 23.7 Å². The van der Waals surface area contributed by atoms with E-state index in [1.165, 1.54) is 17.0 Å². The molecule has 6 heteroatoms. The lowest BCUT2D eigenvalue weighted by atomic mass is 9.85. The molecule has 0 spiro atoms. The molecule has 1 saturated heterocycles. The summed E-state index contributed by atoms with van der Waals surface area (Å²) in [5.41, 5.74) is 0.543. The third kappa shape index (κ3) is 2.04. The quantitative estimate of drug-likeness (QED) is 0.480. The van der Waals surface area contributed by atoms with Crippen LogP contribution in [0.3, 0.4) is 0 Å². The zero-order chi connectivity index (χ0) is 17.0. The Bertz CT molecular complexity index is 757. The highest BCUT2D eigenvalue weighted by Gasteiger charge is 2.59. The normalized spacial score (nSPS) is 30.2. The summed E-state index contributed by atoms with van der Waals surface area (Å²) in [7, 11) is 0. The predicted octanol–water partition coefficient (Wildman–Crippen LogP) is 2.83. The molecule has 5 nitrogen and oxygen atoms in total. The van der Waals surface area contributed by atoms with E-state index < -0.39 is 5.97 Å². The van der Waals surface area contributed by atoms with Gasteiger partial charge in [0.05, 0.1) is 34.7 Å². The summed E-state index contributed by atoms with van der Waals surface area (Å²) < 4.78 is 4.98. The van der Waals surface area contributed by atoms with E-state index in [1.54, 1.807) is 13.0 Å². The van der Waals surface area contributed by atoms with Crippen molar-refractivity contribution in [1.82, 2.24) is 0 Å². The zero-order valence-corrected chi connectivity index (χ0v) is 13.8. The Morgan fingerprint density at radius 1 is 1.21 bits per heavy atom. The van der Waals surface area contributed by atoms with Crippen molar-refractivity contribution in [3.63, 3.8) is 0 Å². The van der Waals surface area contributed by atoms with Crippen molar-refractivity contribution >= 4 is 35.1 Å². The van der Waals surface area contributed by atoms with Gasteiger partial charge in [-0.25, -0.2) is 9.69 Å². The van der Waals surface area contributed by atoms with Crippen molar-refractivity contribution in [3.05, 3.63) is 40.9 Å². The summed E-state index contributed by atoms with van der Waals surface area (Å²) in [5.74, 6) is -1.16. The van der Waals surface area contributed by atoms with Gasteiger partial charge in [-0.1, -0.05) is 23.8 Å². The van der Waals surface area contributed by atoms with Gasteiger partial charge in [-0.2, -0.15) is 0 Å². The van der Waals surface area contributed by atoms with E-state index in [2.05, 4.69) is 0 Å². The second-order valence-corrected chi connectivity index (χ2v) is 6.80. The number of hydrogen-bond acceptors (Lipinski definition) is 4. The number of halogens is 1. The van der Waals surface area contributed by atoms with Crippen LogP contribution in [0.4, 0.5) is 5.69 Å². The van der Waals surface area contributed by atoms with Crippen LogP contribution in [0.25, 0.3) is 0 Å². The number of hydrogen-bond donors (Lipinski definition) is 0. The molecule has 0 unspecified atom stereocenters. The summed E-state index contributed by atoms with van der Waals surface area (Å²) in [5, 5.41) is 0.234. The first-order valence-corrected chi connectivity index (χ1v) is 8.43. The number of rotatable bonds is 3. The summed E-state index contributed by atoms with van der Waals surface area (Å²) in [6.45, 7) is 1.92. The van der Waals surface area contributed by atoms with Crippen molar-refractivity contribution in [2.24, 2.45) is 23.7 Å². The number of anilines is 1. The minimum Gasteiger partial charge on any atom is -0.462 e. The molecule has 1 aromatic carbocycles. The van der Waals surface area contributed by atoms with E-state index >= 15 is 0 Å². The summed E-state index contributed by atoms with van der Waals surface area (Å²) in [6.07, 6.45) is 4.98. The van der Waals surface area contributed by atoms with E-state index in [0.29, 0.717) is 5.69 Å². The van der Waals surface area contributed by atoms with Crippen LogP contribution in [0.2, 0.25) is 5.02 Å². The number of fused-ring (bicyclic) bond motifs is 5. The number of nitrogens with zero attached hydrogens (tertiary/aromatic N) is 1. The number of benzene rings is 1. The average molecular weight is 346 g/mol. The van der Waals surface area contributed by atoms with Crippen molar-refractivity contribution in [2.45, 2.75) is 13.3 Å². The molecule has 2 aliphatic carbocycles. The third-order valence-electron chi connectivity index (χ3n) is 5.17. The van der Waals surface area contributed by atoms with E-state index in [0.717, 1.165) is 6.42 Å². The van der Waals surface area contributed by atoms with Crippen molar-refractivity contribution in [2.75, 3.05) is 11.5 Å². The molecule has 4 atom stereocenters. The molecule has 2 fully saturated rings. The molecule has 1 aromatic rings. The van der Waals surface area contributed by atoms with Crippen molar-refractivity contribution < 1.29 is 19.1 Å². The highest BCUT2D eigenvalue weighted by molar-refractivity contribution is 6.34.